The third kappa shape index (κ3) is 3.81. The highest BCUT2D eigenvalue weighted by molar-refractivity contribution is 7.98. The zero-order valence-corrected chi connectivity index (χ0v) is 17.7. The van der Waals surface area contributed by atoms with Gasteiger partial charge < -0.3 is 19.7 Å². The molecule has 0 aliphatic carbocycles. The third-order valence-electron chi connectivity index (χ3n) is 4.30. The molecule has 2 N–H and O–H groups in total. The van der Waals surface area contributed by atoms with Gasteiger partial charge in [0, 0.05) is 17.2 Å². The summed E-state index contributed by atoms with van der Waals surface area (Å²) in [5, 5.41) is 11.9. The van der Waals surface area contributed by atoms with Crippen molar-refractivity contribution in [2.24, 2.45) is 0 Å². The van der Waals surface area contributed by atoms with E-state index in [2.05, 4.69) is 10.2 Å². The van der Waals surface area contributed by atoms with Gasteiger partial charge in [0.1, 0.15) is 22.3 Å². The summed E-state index contributed by atoms with van der Waals surface area (Å²) in [6, 6.07) is 7.51. The van der Waals surface area contributed by atoms with E-state index in [1.54, 1.807) is 31.8 Å². The molecule has 0 amide bonds. The number of thiazole rings is 1. The molecule has 0 bridgehead atoms. The van der Waals surface area contributed by atoms with E-state index in [4.69, 9.17) is 24.7 Å². The number of hydrogen-bond donors (Lipinski definition) is 1. The maximum Gasteiger partial charge on any atom is 0.210 e. The summed E-state index contributed by atoms with van der Waals surface area (Å²) in [5.41, 5.74) is 2.68. The molecule has 10 heteroatoms. The maximum atomic E-state index is 6.17. The van der Waals surface area contributed by atoms with Gasteiger partial charge in [0.05, 0.1) is 37.3 Å². The number of hydrogen-bond acceptors (Lipinski definition) is 9. The lowest BCUT2D eigenvalue weighted by atomic mass is 10.2. The highest BCUT2D eigenvalue weighted by atomic mass is 32.2. The highest BCUT2D eigenvalue weighted by Gasteiger charge is 2.17. The molecule has 0 saturated heterocycles. The predicted molar refractivity (Wildman–Crippen MR) is 113 cm³/mol. The fourth-order valence-electron chi connectivity index (χ4n) is 2.79. The van der Waals surface area contributed by atoms with E-state index < -0.39 is 0 Å². The number of ether oxygens (including phenoxy) is 2. The average molecular weight is 430 g/mol. The Morgan fingerprint density at radius 1 is 1.17 bits per heavy atom. The third-order valence-corrected chi connectivity index (χ3v) is 6.21. The molecule has 3 aromatic heterocycles. The minimum Gasteiger partial charge on any atom is -0.497 e. The Hall–Kier alpha value is -2.98. The van der Waals surface area contributed by atoms with Crippen LogP contribution in [-0.2, 0) is 5.75 Å². The van der Waals surface area contributed by atoms with Crippen LogP contribution in [0.3, 0.4) is 0 Å². The Kier molecular flexibility index (Phi) is 5.45. The Morgan fingerprint density at radius 3 is 2.76 bits per heavy atom. The van der Waals surface area contributed by atoms with Crippen LogP contribution in [0.25, 0.3) is 22.0 Å². The van der Waals surface area contributed by atoms with Crippen LogP contribution in [0.4, 0.5) is 0 Å². The van der Waals surface area contributed by atoms with Crippen molar-refractivity contribution in [3.05, 3.63) is 47.4 Å². The molecule has 0 aliphatic heterocycles. The number of nitrogens with zero attached hydrogens (tertiary/aromatic N) is 4. The lowest BCUT2D eigenvalue weighted by Crippen LogP contribution is -2.11. The number of thioether (sulfide) groups is 1. The number of nitrogen functional groups attached to an aromatic ring is 1. The summed E-state index contributed by atoms with van der Waals surface area (Å²) in [4.78, 5) is 4.72. The first-order valence-corrected chi connectivity index (χ1v) is 10.5. The maximum absolute atomic E-state index is 6.17. The van der Waals surface area contributed by atoms with Gasteiger partial charge in [-0.2, -0.15) is 0 Å². The van der Waals surface area contributed by atoms with Crippen LogP contribution in [-0.4, -0.2) is 34.1 Å². The molecule has 4 aromatic rings. The molecule has 8 nitrogen and oxygen atoms in total. The van der Waals surface area contributed by atoms with Gasteiger partial charge in [-0.3, -0.25) is 0 Å². The van der Waals surface area contributed by atoms with Crippen LogP contribution in [0.5, 0.6) is 11.5 Å². The molecule has 0 fully saturated rings. The topological polar surface area (TPSA) is 101 Å². The van der Waals surface area contributed by atoms with Gasteiger partial charge in [-0.25, -0.2) is 9.66 Å². The van der Waals surface area contributed by atoms with Crippen molar-refractivity contribution in [1.29, 1.82) is 0 Å². The van der Waals surface area contributed by atoms with Crippen LogP contribution >= 0.6 is 23.1 Å². The number of nitrogens with two attached hydrogens (primary N) is 1. The number of aromatic nitrogens is 4. The summed E-state index contributed by atoms with van der Waals surface area (Å²) in [6.45, 7) is 1.86. The summed E-state index contributed by atoms with van der Waals surface area (Å²) in [7, 11) is 3.26. The number of aryl methyl sites for hydroxylation is 1. The molecule has 0 saturated carbocycles. The molecule has 1 aromatic carbocycles. The van der Waals surface area contributed by atoms with Crippen molar-refractivity contribution in [2.45, 2.75) is 17.8 Å². The SMILES string of the molecule is COc1ccc(-c2nc(CSc3nnc(-c4ccoc4C)n3N)cs2)c(OC)c1. The van der Waals surface area contributed by atoms with Crippen LogP contribution in [0.2, 0.25) is 0 Å². The van der Waals surface area contributed by atoms with Crippen molar-refractivity contribution < 1.29 is 13.9 Å². The second-order valence-corrected chi connectivity index (χ2v) is 7.87. The molecule has 0 atom stereocenters. The zero-order chi connectivity index (χ0) is 20.4. The Labute approximate surface area is 175 Å². The molecular weight excluding hydrogens is 410 g/mol. The van der Waals surface area contributed by atoms with Gasteiger partial charge in [0.15, 0.2) is 5.82 Å². The molecule has 0 radical (unpaired) electrons. The lowest BCUT2D eigenvalue weighted by molar-refractivity contribution is 0.395. The largest absolute Gasteiger partial charge is 0.497 e. The van der Waals surface area contributed by atoms with Crippen molar-refractivity contribution in [2.75, 3.05) is 20.1 Å². The summed E-state index contributed by atoms with van der Waals surface area (Å²) in [5.74, 6) is 9.57. The van der Waals surface area contributed by atoms with Crippen LogP contribution in [0, 0.1) is 6.92 Å². The molecule has 0 spiro atoms. The molecule has 4 rings (SSSR count). The van der Waals surface area contributed by atoms with Gasteiger partial charge in [-0.15, -0.1) is 21.5 Å². The Balaban J connectivity index is 1.50. The van der Waals surface area contributed by atoms with Crippen molar-refractivity contribution >= 4 is 23.1 Å². The van der Waals surface area contributed by atoms with E-state index in [0.29, 0.717) is 16.7 Å². The van der Waals surface area contributed by atoms with Gasteiger partial charge in [0.25, 0.3) is 0 Å². The first-order chi connectivity index (χ1) is 14.1. The Bertz CT molecular complexity index is 1130. The molecule has 150 valence electrons. The van der Waals surface area contributed by atoms with E-state index >= 15 is 0 Å². The lowest BCUT2D eigenvalue weighted by Gasteiger charge is -2.08. The highest BCUT2D eigenvalue weighted by Crippen LogP contribution is 2.36. The number of rotatable bonds is 7. The smallest absolute Gasteiger partial charge is 0.210 e. The number of furan rings is 1. The minimum atomic E-state index is 0.570. The van der Waals surface area contributed by atoms with Gasteiger partial charge in [-0.05, 0) is 25.1 Å². The van der Waals surface area contributed by atoms with Crippen molar-refractivity contribution in [3.63, 3.8) is 0 Å². The van der Waals surface area contributed by atoms with E-state index in [0.717, 1.165) is 39.1 Å². The molecule has 29 heavy (non-hydrogen) atoms. The van der Waals surface area contributed by atoms with E-state index in [9.17, 15) is 0 Å². The second-order valence-electron chi connectivity index (χ2n) is 6.07. The van der Waals surface area contributed by atoms with Crippen molar-refractivity contribution in [1.82, 2.24) is 19.9 Å². The second kappa shape index (κ2) is 8.18. The van der Waals surface area contributed by atoms with Crippen LogP contribution < -0.4 is 15.3 Å². The fourth-order valence-corrected chi connectivity index (χ4v) is 4.49. The van der Waals surface area contributed by atoms with Gasteiger partial charge in [-0.1, -0.05) is 11.8 Å². The average Bonchev–Trinajstić information content (AvgIpc) is 3.46. The van der Waals surface area contributed by atoms with Gasteiger partial charge >= 0.3 is 0 Å². The summed E-state index contributed by atoms with van der Waals surface area (Å²) in [6.07, 6.45) is 1.61. The monoisotopic (exact) mass is 429 g/mol. The van der Waals surface area contributed by atoms with E-state index in [1.807, 2.05) is 36.6 Å². The number of methoxy groups -OCH3 is 2. The minimum absolute atomic E-state index is 0.570. The summed E-state index contributed by atoms with van der Waals surface area (Å²) >= 11 is 3.03. The first-order valence-electron chi connectivity index (χ1n) is 8.65. The van der Waals surface area contributed by atoms with E-state index in [-0.39, 0.29) is 0 Å². The molecule has 0 unspecified atom stereocenters. The molecular formula is C19H19N5O3S2. The number of benzene rings is 1. The quantitative estimate of drug-likeness (QED) is 0.348. The molecule has 0 aliphatic rings. The van der Waals surface area contributed by atoms with Crippen LogP contribution in [0.15, 0.2) is 45.5 Å². The standard InChI is InChI=1S/C19H19N5O3S2/c1-11-14(6-7-27-11)17-22-23-19(24(17)20)29-10-12-9-28-18(21-12)15-5-4-13(25-2)8-16(15)26-3/h4-9H,10,20H2,1-3H3. The van der Waals surface area contributed by atoms with Gasteiger partial charge in [0.2, 0.25) is 5.16 Å². The fraction of sp³-hybridized carbons (Fsp3) is 0.211. The Morgan fingerprint density at radius 2 is 2.03 bits per heavy atom. The van der Waals surface area contributed by atoms with E-state index in [1.165, 1.54) is 16.4 Å². The van der Waals surface area contributed by atoms with Crippen molar-refractivity contribution in [3.8, 4) is 33.5 Å². The first kappa shape index (κ1) is 19.3. The summed E-state index contributed by atoms with van der Waals surface area (Å²) < 4.78 is 17.5. The zero-order valence-electron chi connectivity index (χ0n) is 16.1. The normalized spacial score (nSPS) is 11.0. The van der Waals surface area contributed by atoms with Crippen LogP contribution in [0.1, 0.15) is 11.5 Å². The molecule has 3 heterocycles. The predicted octanol–water partition coefficient (Wildman–Crippen LogP) is 3.99.